The van der Waals surface area contributed by atoms with E-state index in [9.17, 15) is 0 Å². The number of hydrogen-bond donors (Lipinski definition) is 1. The maximum atomic E-state index is 5.50. The van der Waals surface area contributed by atoms with Gasteiger partial charge in [0.1, 0.15) is 5.75 Å². The molecule has 0 saturated carbocycles. The maximum absolute atomic E-state index is 5.50. The van der Waals surface area contributed by atoms with E-state index in [-0.39, 0.29) is 12.4 Å². The molecule has 0 aliphatic heterocycles. The van der Waals surface area contributed by atoms with Crippen molar-refractivity contribution in [2.24, 2.45) is 5.73 Å². The zero-order valence-electron chi connectivity index (χ0n) is 10.6. The number of aryl methyl sites for hydroxylation is 1. The molecule has 18 heavy (non-hydrogen) atoms. The Labute approximate surface area is 113 Å². The summed E-state index contributed by atoms with van der Waals surface area (Å²) in [6.45, 7) is 3.41. The molecule has 0 aliphatic carbocycles. The van der Waals surface area contributed by atoms with Crippen LogP contribution in [-0.2, 0) is 6.54 Å². The molecule has 0 atom stereocenters. The van der Waals surface area contributed by atoms with E-state index in [0.29, 0.717) is 6.54 Å². The molecule has 5 heteroatoms. The summed E-state index contributed by atoms with van der Waals surface area (Å²) >= 11 is 0. The lowest BCUT2D eigenvalue weighted by Gasteiger charge is -2.06. The second-order valence-electron chi connectivity index (χ2n) is 3.96. The van der Waals surface area contributed by atoms with Crippen molar-refractivity contribution in [1.82, 2.24) is 9.78 Å². The van der Waals surface area contributed by atoms with E-state index in [1.54, 1.807) is 7.11 Å². The van der Waals surface area contributed by atoms with Crippen LogP contribution in [0.5, 0.6) is 5.75 Å². The van der Waals surface area contributed by atoms with Gasteiger partial charge in [-0.2, -0.15) is 5.10 Å². The summed E-state index contributed by atoms with van der Waals surface area (Å²) in [4.78, 5) is 0. The Balaban J connectivity index is 0.00000162. The Morgan fingerprint density at radius 1 is 1.39 bits per heavy atom. The van der Waals surface area contributed by atoms with Crippen LogP contribution in [0.2, 0.25) is 0 Å². The van der Waals surface area contributed by atoms with Gasteiger partial charge >= 0.3 is 0 Å². The van der Waals surface area contributed by atoms with Crippen molar-refractivity contribution in [3.8, 4) is 16.9 Å². The van der Waals surface area contributed by atoms with E-state index in [2.05, 4.69) is 18.1 Å². The van der Waals surface area contributed by atoms with Crippen LogP contribution in [0.25, 0.3) is 11.1 Å². The summed E-state index contributed by atoms with van der Waals surface area (Å²) in [5.74, 6) is 0.858. The molecule has 1 heterocycles. The summed E-state index contributed by atoms with van der Waals surface area (Å²) in [7, 11) is 1.67. The number of methoxy groups -OCH3 is 1. The third-order valence-electron chi connectivity index (χ3n) is 2.75. The molecule has 0 aliphatic rings. The highest BCUT2D eigenvalue weighted by Crippen LogP contribution is 2.27. The van der Waals surface area contributed by atoms with Crippen LogP contribution in [-0.4, -0.2) is 23.4 Å². The summed E-state index contributed by atoms with van der Waals surface area (Å²) in [5.41, 5.74) is 8.95. The fraction of sp³-hybridized carbons (Fsp3) is 0.308. The first-order valence-corrected chi connectivity index (χ1v) is 5.62. The highest BCUT2D eigenvalue weighted by Gasteiger charge is 2.06. The Morgan fingerprint density at radius 3 is 2.83 bits per heavy atom. The molecule has 2 N–H and O–H groups in total. The lowest BCUT2D eigenvalue weighted by molar-refractivity contribution is 0.415. The summed E-state index contributed by atoms with van der Waals surface area (Å²) < 4.78 is 7.09. The maximum Gasteiger partial charge on any atom is 0.119 e. The third kappa shape index (κ3) is 3.03. The van der Waals surface area contributed by atoms with Crippen LogP contribution >= 0.6 is 12.4 Å². The molecule has 4 nitrogen and oxygen atoms in total. The minimum absolute atomic E-state index is 0. The van der Waals surface area contributed by atoms with Crippen molar-refractivity contribution in [3.05, 3.63) is 36.2 Å². The molecule has 0 amide bonds. The van der Waals surface area contributed by atoms with Gasteiger partial charge in [-0.1, -0.05) is 6.07 Å². The van der Waals surface area contributed by atoms with Crippen LogP contribution < -0.4 is 10.5 Å². The fourth-order valence-corrected chi connectivity index (χ4v) is 1.80. The molecule has 0 bridgehead atoms. The molecular weight excluding hydrogens is 250 g/mol. The molecule has 1 aromatic carbocycles. The highest BCUT2D eigenvalue weighted by atomic mass is 35.5. The van der Waals surface area contributed by atoms with Crippen molar-refractivity contribution in [3.63, 3.8) is 0 Å². The predicted octanol–water partition coefficient (Wildman–Crippen LogP) is 2.25. The average Bonchev–Trinajstić information content (AvgIpc) is 2.79. The molecule has 1 aromatic heterocycles. The normalized spacial score (nSPS) is 9.94. The van der Waals surface area contributed by atoms with E-state index in [1.807, 2.05) is 29.2 Å². The molecule has 0 fully saturated rings. The van der Waals surface area contributed by atoms with Gasteiger partial charge in [-0.15, -0.1) is 12.4 Å². The molecule has 2 aromatic rings. The van der Waals surface area contributed by atoms with Crippen LogP contribution in [0.4, 0.5) is 0 Å². The lowest BCUT2D eigenvalue weighted by Crippen LogP contribution is -2.09. The summed E-state index contributed by atoms with van der Waals surface area (Å²) in [6, 6.07) is 6.04. The Bertz CT molecular complexity index is 511. The van der Waals surface area contributed by atoms with Gasteiger partial charge in [-0.3, -0.25) is 4.68 Å². The van der Waals surface area contributed by atoms with E-state index in [0.717, 1.165) is 23.4 Å². The van der Waals surface area contributed by atoms with E-state index in [1.165, 1.54) is 5.56 Å². The van der Waals surface area contributed by atoms with Gasteiger partial charge in [0.2, 0.25) is 0 Å². The molecule has 0 spiro atoms. The van der Waals surface area contributed by atoms with E-state index in [4.69, 9.17) is 10.5 Å². The monoisotopic (exact) mass is 267 g/mol. The molecular formula is C13H18ClN3O. The van der Waals surface area contributed by atoms with E-state index < -0.39 is 0 Å². The van der Waals surface area contributed by atoms with Crippen LogP contribution in [0.1, 0.15) is 5.56 Å². The minimum atomic E-state index is 0. The van der Waals surface area contributed by atoms with Gasteiger partial charge in [0, 0.05) is 18.3 Å². The van der Waals surface area contributed by atoms with Crippen molar-refractivity contribution < 1.29 is 4.74 Å². The number of nitrogens with zero attached hydrogens (tertiary/aromatic N) is 2. The van der Waals surface area contributed by atoms with Crippen LogP contribution in [0.3, 0.4) is 0 Å². The lowest BCUT2D eigenvalue weighted by atomic mass is 10.0. The van der Waals surface area contributed by atoms with Crippen molar-refractivity contribution >= 4 is 12.4 Å². The number of rotatable bonds is 4. The number of halogens is 1. The largest absolute Gasteiger partial charge is 0.497 e. The molecule has 0 saturated heterocycles. The first kappa shape index (κ1) is 14.5. The zero-order valence-corrected chi connectivity index (χ0v) is 11.4. The summed E-state index contributed by atoms with van der Waals surface area (Å²) in [6.07, 6.45) is 3.87. The number of benzene rings is 1. The number of aromatic nitrogens is 2. The van der Waals surface area contributed by atoms with Gasteiger partial charge in [0.15, 0.2) is 0 Å². The first-order valence-electron chi connectivity index (χ1n) is 5.62. The van der Waals surface area contributed by atoms with Gasteiger partial charge in [0.05, 0.1) is 19.9 Å². The van der Waals surface area contributed by atoms with Gasteiger partial charge in [-0.05, 0) is 30.2 Å². The topological polar surface area (TPSA) is 53.1 Å². The minimum Gasteiger partial charge on any atom is -0.497 e. The Hall–Kier alpha value is -1.52. The highest BCUT2D eigenvalue weighted by molar-refractivity contribution is 5.85. The van der Waals surface area contributed by atoms with Crippen molar-refractivity contribution in [2.45, 2.75) is 13.5 Å². The van der Waals surface area contributed by atoms with E-state index >= 15 is 0 Å². The SMILES string of the molecule is COc1ccc(C)c(-c2cnn(CCN)c2)c1.Cl. The number of hydrogen-bond acceptors (Lipinski definition) is 3. The fourth-order valence-electron chi connectivity index (χ4n) is 1.80. The van der Waals surface area contributed by atoms with Gasteiger partial charge in [-0.25, -0.2) is 0 Å². The van der Waals surface area contributed by atoms with Crippen molar-refractivity contribution in [1.29, 1.82) is 0 Å². The van der Waals surface area contributed by atoms with Crippen LogP contribution in [0.15, 0.2) is 30.6 Å². The molecule has 2 rings (SSSR count). The number of nitrogens with two attached hydrogens (primary N) is 1. The first-order chi connectivity index (χ1) is 8.24. The van der Waals surface area contributed by atoms with Crippen LogP contribution in [0, 0.1) is 6.92 Å². The predicted molar refractivity (Wildman–Crippen MR) is 75.3 cm³/mol. The standard InChI is InChI=1S/C13H17N3O.ClH/c1-10-3-4-12(17-2)7-13(10)11-8-15-16(9-11)6-5-14;/h3-4,7-9H,5-6,14H2,1-2H3;1H. The summed E-state index contributed by atoms with van der Waals surface area (Å²) in [5, 5.41) is 4.27. The second kappa shape index (κ2) is 6.42. The molecule has 98 valence electrons. The molecule has 0 radical (unpaired) electrons. The average molecular weight is 268 g/mol. The third-order valence-corrected chi connectivity index (χ3v) is 2.75. The smallest absolute Gasteiger partial charge is 0.119 e. The van der Waals surface area contributed by atoms with Crippen molar-refractivity contribution in [2.75, 3.05) is 13.7 Å². The zero-order chi connectivity index (χ0) is 12.3. The second-order valence-corrected chi connectivity index (χ2v) is 3.96. The van der Waals surface area contributed by atoms with Gasteiger partial charge < -0.3 is 10.5 Å². The Kier molecular flexibility index (Phi) is 5.19. The Morgan fingerprint density at radius 2 is 2.17 bits per heavy atom. The van der Waals surface area contributed by atoms with Gasteiger partial charge in [0.25, 0.3) is 0 Å². The number of ether oxygens (including phenoxy) is 1. The quantitative estimate of drug-likeness (QED) is 0.924. The molecule has 0 unspecified atom stereocenters.